The largest absolute Gasteiger partial charge is 0.478 e. The third kappa shape index (κ3) is 5.32. The van der Waals surface area contributed by atoms with Gasteiger partial charge in [0.1, 0.15) is 6.61 Å². The second-order valence-corrected chi connectivity index (χ2v) is 8.54. The van der Waals surface area contributed by atoms with Crippen molar-refractivity contribution < 1.29 is 28.6 Å². The van der Waals surface area contributed by atoms with E-state index in [1.807, 2.05) is 36.4 Å². The van der Waals surface area contributed by atoms with E-state index in [9.17, 15) is 18.8 Å². The molecule has 4 rings (SSSR count). The van der Waals surface area contributed by atoms with Crippen molar-refractivity contribution >= 4 is 23.7 Å². The Morgan fingerprint density at radius 3 is 2.23 bits per heavy atom. The monoisotopic (exact) mass is 476 g/mol. The van der Waals surface area contributed by atoms with Gasteiger partial charge in [0.05, 0.1) is 11.3 Å². The molecule has 1 aliphatic rings. The number of amides is 2. The van der Waals surface area contributed by atoms with Crippen molar-refractivity contribution in [1.82, 2.24) is 5.32 Å². The van der Waals surface area contributed by atoms with E-state index >= 15 is 0 Å². The van der Waals surface area contributed by atoms with Gasteiger partial charge in [-0.25, -0.2) is 14.0 Å². The van der Waals surface area contributed by atoms with Crippen LogP contribution < -0.4 is 10.6 Å². The fraction of sp³-hybridized carbons (Fsp3) is 0.222. The summed E-state index contributed by atoms with van der Waals surface area (Å²) in [6.45, 7) is 2.13. The molecule has 1 atom stereocenters. The van der Waals surface area contributed by atoms with Crippen molar-refractivity contribution in [3.8, 4) is 11.1 Å². The lowest BCUT2D eigenvalue weighted by atomic mass is 9.98. The van der Waals surface area contributed by atoms with Crippen LogP contribution >= 0.6 is 0 Å². The zero-order valence-electron chi connectivity index (χ0n) is 19.1. The summed E-state index contributed by atoms with van der Waals surface area (Å²) < 4.78 is 19.7. The Hall–Kier alpha value is -4.20. The van der Waals surface area contributed by atoms with Crippen LogP contribution in [-0.4, -0.2) is 36.2 Å². The molecule has 3 aromatic rings. The molecule has 0 saturated carbocycles. The number of carbonyl (C=O) groups excluding carboxylic acids is 2. The molecular weight excluding hydrogens is 451 g/mol. The molecule has 1 aliphatic carbocycles. The number of hydrogen-bond acceptors (Lipinski definition) is 4. The molecule has 0 saturated heterocycles. The first-order valence-corrected chi connectivity index (χ1v) is 11.3. The summed E-state index contributed by atoms with van der Waals surface area (Å²) in [5.41, 5.74) is 3.79. The van der Waals surface area contributed by atoms with Crippen molar-refractivity contribution in [3.05, 3.63) is 89.2 Å². The molecule has 3 N–H and O–H groups in total. The van der Waals surface area contributed by atoms with E-state index in [4.69, 9.17) is 9.84 Å². The van der Waals surface area contributed by atoms with Crippen molar-refractivity contribution in [1.29, 1.82) is 0 Å². The minimum atomic E-state index is -1.42. The Morgan fingerprint density at radius 2 is 1.60 bits per heavy atom. The molecule has 180 valence electrons. The first kappa shape index (κ1) is 23.9. The number of carboxylic acid groups (broad SMARTS) is 1. The van der Waals surface area contributed by atoms with E-state index in [1.54, 1.807) is 6.92 Å². The van der Waals surface area contributed by atoms with Gasteiger partial charge < -0.3 is 20.5 Å². The first-order chi connectivity index (χ1) is 16.8. The molecule has 1 unspecified atom stereocenters. The summed E-state index contributed by atoms with van der Waals surface area (Å²) in [4.78, 5) is 35.6. The number of aromatic carboxylic acids is 1. The number of fused-ring (bicyclic) bond motifs is 3. The Bertz CT molecular complexity index is 1230. The highest BCUT2D eigenvalue weighted by molar-refractivity contribution is 5.94. The highest BCUT2D eigenvalue weighted by Gasteiger charge is 2.29. The number of anilines is 1. The average Bonchev–Trinajstić information content (AvgIpc) is 3.16. The maximum Gasteiger partial charge on any atom is 0.407 e. The maximum atomic E-state index is 14.2. The fourth-order valence-corrected chi connectivity index (χ4v) is 4.29. The number of ether oxygens (including phenoxy) is 1. The molecule has 35 heavy (non-hydrogen) atoms. The lowest BCUT2D eigenvalue weighted by Crippen LogP contribution is -2.31. The van der Waals surface area contributed by atoms with Crippen molar-refractivity contribution in [2.75, 3.05) is 18.5 Å². The zero-order valence-corrected chi connectivity index (χ0v) is 19.1. The first-order valence-electron chi connectivity index (χ1n) is 11.3. The minimum Gasteiger partial charge on any atom is -0.478 e. The van der Waals surface area contributed by atoms with Crippen LogP contribution in [-0.2, 0) is 9.53 Å². The summed E-state index contributed by atoms with van der Waals surface area (Å²) in [5.74, 6) is -3.22. The third-order valence-corrected chi connectivity index (χ3v) is 5.98. The van der Waals surface area contributed by atoms with Crippen LogP contribution in [0.1, 0.15) is 40.7 Å². The van der Waals surface area contributed by atoms with E-state index in [1.165, 1.54) is 12.1 Å². The highest BCUT2D eigenvalue weighted by atomic mass is 19.1. The Balaban J connectivity index is 1.26. The number of nitrogens with one attached hydrogen (secondary N) is 2. The van der Waals surface area contributed by atoms with E-state index < -0.39 is 29.4 Å². The molecule has 3 aromatic carbocycles. The number of hydrogen-bond donors (Lipinski definition) is 3. The average molecular weight is 477 g/mol. The third-order valence-electron chi connectivity index (χ3n) is 5.98. The quantitative estimate of drug-likeness (QED) is 0.423. The number of alkyl carbamates (subject to hydrolysis) is 1. The molecular formula is C27H25FN2O5. The molecule has 0 fully saturated rings. The molecule has 8 heteroatoms. The predicted molar refractivity (Wildman–Crippen MR) is 129 cm³/mol. The van der Waals surface area contributed by atoms with Crippen LogP contribution in [0.25, 0.3) is 11.1 Å². The minimum absolute atomic E-state index is 0.000392. The molecule has 0 heterocycles. The van der Waals surface area contributed by atoms with E-state index in [0.717, 1.165) is 28.3 Å². The van der Waals surface area contributed by atoms with Gasteiger partial charge in [0.2, 0.25) is 5.91 Å². The SMILES string of the molecule is CC(CNC(=O)OCC1c2ccccc2-c2ccccc21)CC(=O)Nc1cccc(C(=O)O)c1F. The van der Waals surface area contributed by atoms with Crippen LogP contribution in [0.15, 0.2) is 66.7 Å². The number of carboxylic acids is 1. The van der Waals surface area contributed by atoms with Crippen LogP contribution in [0.2, 0.25) is 0 Å². The Kier molecular flexibility index (Phi) is 7.10. The van der Waals surface area contributed by atoms with Gasteiger partial charge in [-0.3, -0.25) is 4.79 Å². The summed E-state index contributed by atoms with van der Waals surface area (Å²) in [6.07, 6.45) is -0.584. The van der Waals surface area contributed by atoms with Gasteiger partial charge in [-0.15, -0.1) is 0 Å². The maximum absolute atomic E-state index is 14.2. The van der Waals surface area contributed by atoms with E-state index in [0.29, 0.717) is 0 Å². The van der Waals surface area contributed by atoms with Crippen molar-refractivity contribution in [3.63, 3.8) is 0 Å². The van der Waals surface area contributed by atoms with Crippen LogP contribution in [0.3, 0.4) is 0 Å². The molecule has 0 radical (unpaired) electrons. The topological polar surface area (TPSA) is 105 Å². The summed E-state index contributed by atoms with van der Waals surface area (Å²) in [7, 11) is 0. The van der Waals surface area contributed by atoms with Gasteiger partial charge in [-0.2, -0.15) is 0 Å². The number of carbonyl (C=O) groups is 3. The zero-order chi connectivity index (χ0) is 24.9. The van der Waals surface area contributed by atoms with E-state index in [-0.39, 0.29) is 37.1 Å². The second kappa shape index (κ2) is 10.4. The molecule has 0 spiro atoms. The second-order valence-electron chi connectivity index (χ2n) is 8.54. The van der Waals surface area contributed by atoms with Gasteiger partial charge in [-0.1, -0.05) is 61.5 Å². The molecule has 7 nitrogen and oxygen atoms in total. The number of rotatable bonds is 8. The predicted octanol–water partition coefficient (Wildman–Crippen LogP) is 5.03. The van der Waals surface area contributed by atoms with Gasteiger partial charge in [0.25, 0.3) is 0 Å². The molecule has 0 bridgehead atoms. The number of benzene rings is 3. The van der Waals surface area contributed by atoms with Crippen molar-refractivity contribution in [2.24, 2.45) is 5.92 Å². The van der Waals surface area contributed by atoms with Crippen LogP contribution in [0, 0.1) is 11.7 Å². The Morgan fingerprint density at radius 1 is 0.971 bits per heavy atom. The van der Waals surface area contributed by atoms with Crippen LogP contribution in [0.5, 0.6) is 0 Å². The normalized spacial score (nSPS) is 12.9. The number of halogens is 1. The summed E-state index contributed by atoms with van der Waals surface area (Å²) in [6, 6.07) is 19.9. The van der Waals surface area contributed by atoms with Gasteiger partial charge >= 0.3 is 12.1 Å². The van der Waals surface area contributed by atoms with Crippen molar-refractivity contribution in [2.45, 2.75) is 19.3 Å². The lowest BCUT2D eigenvalue weighted by Gasteiger charge is -2.16. The Labute approximate surface area is 201 Å². The summed E-state index contributed by atoms with van der Waals surface area (Å²) in [5, 5.41) is 14.0. The van der Waals surface area contributed by atoms with Gasteiger partial charge in [0, 0.05) is 18.9 Å². The molecule has 0 aliphatic heterocycles. The highest BCUT2D eigenvalue weighted by Crippen LogP contribution is 2.44. The fourth-order valence-electron chi connectivity index (χ4n) is 4.29. The summed E-state index contributed by atoms with van der Waals surface area (Å²) >= 11 is 0. The van der Waals surface area contributed by atoms with Gasteiger partial charge in [-0.05, 0) is 40.3 Å². The lowest BCUT2D eigenvalue weighted by molar-refractivity contribution is -0.117. The standard InChI is InChI=1S/C27H25FN2O5/c1-16(13-24(31)30-23-12-6-11-21(25(23)28)26(32)33)14-29-27(34)35-15-22-19-9-4-2-7-17(19)18-8-3-5-10-20(18)22/h2-12,16,22H,13-15H2,1H3,(H,29,34)(H,30,31)(H,32,33). The van der Waals surface area contributed by atoms with Gasteiger partial charge in [0.15, 0.2) is 5.82 Å². The van der Waals surface area contributed by atoms with E-state index in [2.05, 4.69) is 22.8 Å². The molecule has 0 aromatic heterocycles. The van der Waals surface area contributed by atoms with Crippen LogP contribution in [0.4, 0.5) is 14.9 Å². The smallest absolute Gasteiger partial charge is 0.407 e. The molecule has 2 amide bonds.